The minimum absolute atomic E-state index is 0.0169. The average Bonchev–Trinajstić information content (AvgIpc) is 3.10. The highest BCUT2D eigenvalue weighted by Crippen LogP contribution is 2.25. The first-order valence-corrected chi connectivity index (χ1v) is 10.6. The fourth-order valence-corrected chi connectivity index (χ4v) is 3.47. The van der Waals surface area contributed by atoms with Gasteiger partial charge >= 0.3 is 0 Å². The van der Waals surface area contributed by atoms with E-state index >= 15 is 0 Å². The molecule has 3 aromatic rings. The highest BCUT2D eigenvalue weighted by Gasteiger charge is 2.14. The quantitative estimate of drug-likeness (QED) is 0.372. The van der Waals surface area contributed by atoms with Crippen molar-refractivity contribution >= 4 is 23.6 Å². The number of hydrogen-bond donors (Lipinski definition) is 2. The Bertz CT molecular complexity index is 1250. The van der Waals surface area contributed by atoms with E-state index in [-0.39, 0.29) is 18.6 Å². The Morgan fingerprint density at radius 3 is 2.32 bits per heavy atom. The number of nitrogens with one attached hydrogen (secondary N) is 1. The van der Waals surface area contributed by atoms with E-state index < -0.39 is 11.8 Å². The van der Waals surface area contributed by atoms with Crippen molar-refractivity contribution in [2.75, 3.05) is 19.0 Å². The first-order chi connectivity index (χ1) is 16.3. The summed E-state index contributed by atoms with van der Waals surface area (Å²) in [7, 11) is 1.62. The second kappa shape index (κ2) is 10.9. The fraction of sp³-hybridized carbons (Fsp3) is 0.192. The number of carbonyl (C=O) groups excluding carboxylic acids is 2. The standard InChI is InChI=1S/C26H26N4O4/c1-17-14-19(18(2)30(17)22-6-10-23(33-3)11-7-22)15-20(16-27)26(32)29-21-4-8-24(9-5-21)34-13-12-25(28)31/h4-11,14-15H,12-13H2,1-3H3,(H2,28,31)(H,29,32). The Morgan fingerprint density at radius 2 is 1.74 bits per heavy atom. The average molecular weight is 459 g/mol. The van der Waals surface area contributed by atoms with Gasteiger partial charge in [-0.25, -0.2) is 0 Å². The lowest BCUT2D eigenvalue weighted by atomic mass is 10.1. The molecular weight excluding hydrogens is 432 g/mol. The van der Waals surface area contributed by atoms with Crippen molar-refractivity contribution in [3.8, 4) is 23.3 Å². The zero-order valence-corrected chi connectivity index (χ0v) is 19.3. The lowest BCUT2D eigenvalue weighted by Gasteiger charge is -2.10. The van der Waals surface area contributed by atoms with Gasteiger partial charge in [0, 0.05) is 22.8 Å². The summed E-state index contributed by atoms with van der Waals surface area (Å²) >= 11 is 0. The number of nitrogens with zero attached hydrogens (tertiary/aromatic N) is 2. The Morgan fingerprint density at radius 1 is 1.09 bits per heavy atom. The van der Waals surface area contributed by atoms with E-state index in [0.29, 0.717) is 11.4 Å². The first kappa shape index (κ1) is 24.1. The molecule has 0 radical (unpaired) electrons. The van der Waals surface area contributed by atoms with E-state index in [1.54, 1.807) is 37.5 Å². The van der Waals surface area contributed by atoms with Crippen molar-refractivity contribution in [3.05, 3.63) is 77.1 Å². The molecule has 3 rings (SSSR count). The third kappa shape index (κ3) is 5.84. The minimum atomic E-state index is -0.515. The van der Waals surface area contributed by atoms with Crippen molar-refractivity contribution in [1.29, 1.82) is 5.26 Å². The van der Waals surface area contributed by atoms with Gasteiger partial charge in [-0.1, -0.05) is 0 Å². The molecule has 0 unspecified atom stereocenters. The highest BCUT2D eigenvalue weighted by molar-refractivity contribution is 6.09. The van der Waals surface area contributed by atoms with Crippen LogP contribution in [-0.4, -0.2) is 30.1 Å². The number of hydrogen-bond acceptors (Lipinski definition) is 5. The molecule has 0 spiro atoms. The van der Waals surface area contributed by atoms with Gasteiger partial charge in [0.2, 0.25) is 5.91 Å². The molecule has 1 heterocycles. The summed E-state index contributed by atoms with van der Waals surface area (Å²) in [5.74, 6) is 0.352. The molecule has 1 aromatic heterocycles. The molecule has 8 heteroatoms. The number of primary amides is 1. The number of aromatic nitrogens is 1. The van der Waals surface area contributed by atoms with Gasteiger partial charge in [-0.3, -0.25) is 9.59 Å². The molecule has 0 saturated carbocycles. The van der Waals surface area contributed by atoms with Gasteiger partial charge in [0.25, 0.3) is 5.91 Å². The van der Waals surface area contributed by atoms with Gasteiger partial charge in [0.05, 0.1) is 20.1 Å². The summed E-state index contributed by atoms with van der Waals surface area (Å²) in [5, 5.41) is 12.3. The summed E-state index contributed by atoms with van der Waals surface area (Å²) in [5.41, 5.74) is 9.19. The van der Waals surface area contributed by atoms with Crippen LogP contribution in [0.3, 0.4) is 0 Å². The van der Waals surface area contributed by atoms with Crippen molar-refractivity contribution in [1.82, 2.24) is 4.57 Å². The largest absolute Gasteiger partial charge is 0.497 e. The van der Waals surface area contributed by atoms with Crippen LogP contribution >= 0.6 is 0 Å². The molecule has 0 aliphatic carbocycles. The van der Waals surface area contributed by atoms with Crippen LogP contribution in [0.2, 0.25) is 0 Å². The number of anilines is 1. The molecular formula is C26H26N4O4. The van der Waals surface area contributed by atoms with Crippen LogP contribution in [0.5, 0.6) is 11.5 Å². The Hall–Kier alpha value is -4.51. The van der Waals surface area contributed by atoms with E-state index in [0.717, 1.165) is 28.4 Å². The predicted molar refractivity (Wildman–Crippen MR) is 130 cm³/mol. The normalized spacial score (nSPS) is 10.9. The SMILES string of the molecule is COc1ccc(-n2c(C)cc(C=C(C#N)C(=O)Nc3ccc(OCCC(N)=O)cc3)c2C)cc1. The topological polar surface area (TPSA) is 119 Å². The number of nitriles is 1. The summed E-state index contributed by atoms with van der Waals surface area (Å²) in [6.45, 7) is 4.08. The number of aryl methyl sites for hydroxylation is 1. The molecule has 2 amide bonds. The van der Waals surface area contributed by atoms with Crippen LogP contribution in [0.1, 0.15) is 23.4 Å². The van der Waals surface area contributed by atoms with Gasteiger partial charge in [-0.05, 0) is 80.1 Å². The van der Waals surface area contributed by atoms with Crippen LogP contribution in [0, 0.1) is 25.2 Å². The zero-order chi connectivity index (χ0) is 24.7. The van der Waals surface area contributed by atoms with Crippen LogP contribution in [0.25, 0.3) is 11.8 Å². The van der Waals surface area contributed by atoms with Gasteiger partial charge < -0.3 is 25.1 Å². The fourth-order valence-electron chi connectivity index (χ4n) is 3.47. The number of nitrogens with two attached hydrogens (primary N) is 1. The monoisotopic (exact) mass is 458 g/mol. The predicted octanol–water partition coefficient (Wildman–Crippen LogP) is 3.90. The molecule has 0 aliphatic rings. The minimum Gasteiger partial charge on any atom is -0.497 e. The molecule has 34 heavy (non-hydrogen) atoms. The number of carbonyl (C=O) groups is 2. The number of amides is 2. The molecule has 0 aliphatic heterocycles. The number of rotatable bonds is 9. The van der Waals surface area contributed by atoms with E-state index in [2.05, 4.69) is 9.88 Å². The van der Waals surface area contributed by atoms with Gasteiger partial charge in [0.15, 0.2) is 0 Å². The Balaban J connectivity index is 1.75. The number of ether oxygens (including phenoxy) is 2. The van der Waals surface area contributed by atoms with Crippen molar-refractivity contribution < 1.29 is 19.1 Å². The van der Waals surface area contributed by atoms with Gasteiger partial charge in [0.1, 0.15) is 23.1 Å². The number of methoxy groups -OCH3 is 1. The van der Waals surface area contributed by atoms with Gasteiger partial charge in [-0.15, -0.1) is 0 Å². The molecule has 0 saturated heterocycles. The summed E-state index contributed by atoms with van der Waals surface area (Å²) in [6, 6.07) is 18.2. The van der Waals surface area contributed by atoms with Crippen molar-refractivity contribution in [3.63, 3.8) is 0 Å². The summed E-state index contributed by atoms with van der Waals surface area (Å²) in [4.78, 5) is 23.5. The maximum absolute atomic E-state index is 12.7. The molecule has 174 valence electrons. The Labute approximate surface area is 198 Å². The second-order valence-electron chi connectivity index (χ2n) is 7.57. The highest BCUT2D eigenvalue weighted by atomic mass is 16.5. The van der Waals surface area contributed by atoms with E-state index in [1.807, 2.05) is 50.2 Å². The van der Waals surface area contributed by atoms with E-state index in [1.165, 1.54) is 0 Å². The number of benzene rings is 2. The van der Waals surface area contributed by atoms with Crippen LogP contribution in [0.4, 0.5) is 5.69 Å². The lowest BCUT2D eigenvalue weighted by Crippen LogP contribution is -2.15. The van der Waals surface area contributed by atoms with Crippen molar-refractivity contribution in [2.24, 2.45) is 5.73 Å². The third-order valence-corrected chi connectivity index (χ3v) is 5.20. The Kier molecular flexibility index (Phi) is 7.72. The molecule has 3 N–H and O–H groups in total. The summed E-state index contributed by atoms with van der Waals surface area (Å²) in [6.07, 6.45) is 1.70. The smallest absolute Gasteiger partial charge is 0.266 e. The molecule has 0 fully saturated rings. The molecule has 0 bridgehead atoms. The second-order valence-corrected chi connectivity index (χ2v) is 7.57. The maximum Gasteiger partial charge on any atom is 0.266 e. The summed E-state index contributed by atoms with van der Waals surface area (Å²) < 4.78 is 12.7. The van der Waals surface area contributed by atoms with Crippen molar-refractivity contribution in [2.45, 2.75) is 20.3 Å². The first-order valence-electron chi connectivity index (χ1n) is 10.6. The van der Waals surface area contributed by atoms with Gasteiger partial charge in [-0.2, -0.15) is 5.26 Å². The zero-order valence-electron chi connectivity index (χ0n) is 19.3. The van der Waals surface area contributed by atoms with E-state index in [4.69, 9.17) is 15.2 Å². The van der Waals surface area contributed by atoms with Crippen LogP contribution < -0.4 is 20.5 Å². The molecule has 0 atom stereocenters. The maximum atomic E-state index is 12.7. The molecule has 8 nitrogen and oxygen atoms in total. The van der Waals surface area contributed by atoms with E-state index in [9.17, 15) is 14.9 Å². The lowest BCUT2D eigenvalue weighted by molar-refractivity contribution is -0.118. The third-order valence-electron chi connectivity index (χ3n) is 5.20. The molecule has 2 aromatic carbocycles. The van der Waals surface area contributed by atoms with Crippen LogP contribution in [0.15, 0.2) is 60.2 Å². The van der Waals surface area contributed by atoms with Crippen LogP contribution in [-0.2, 0) is 9.59 Å².